The van der Waals surface area contributed by atoms with Gasteiger partial charge < -0.3 is 10.3 Å². The molecule has 2 aromatic heterocycles. The Bertz CT molecular complexity index is 1050. The lowest BCUT2D eigenvalue weighted by Gasteiger charge is -2.18. The molecule has 0 saturated carbocycles. The van der Waals surface area contributed by atoms with Crippen LogP contribution in [0, 0.1) is 12.7 Å². The third-order valence-corrected chi connectivity index (χ3v) is 4.55. The predicted molar refractivity (Wildman–Crippen MR) is 103 cm³/mol. The molecule has 0 fully saturated rings. The Morgan fingerprint density at radius 2 is 1.85 bits per heavy atom. The number of aromatic nitrogens is 2. The molecule has 0 aliphatic carbocycles. The van der Waals surface area contributed by atoms with Crippen LogP contribution in [-0.4, -0.2) is 15.9 Å². The highest BCUT2D eigenvalue weighted by Gasteiger charge is 2.20. The first-order valence-electron chi connectivity index (χ1n) is 8.67. The van der Waals surface area contributed by atoms with Gasteiger partial charge in [-0.3, -0.25) is 9.78 Å². The van der Waals surface area contributed by atoms with Gasteiger partial charge in [-0.05, 0) is 48.4 Å². The normalized spacial score (nSPS) is 12.1. The Morgan fingerprint density at radius 3 is 2.59 bits per heavy atom. The zero-order chi connectivity index (χ0) is 18.8. The zero-order valence-electron chi connectivity index (χ0n) is 14.7. The van der Waals surface area contributed by atoms with Crippen molar-refractivity contribution in [1.29, 1.82) is 0 Å². The van der Waals surface area contributed by atoms with Crippen LogP contribution in [0.2, 0.25) is 0 Å². The molecule has 5 heteroatoms. The van der Waals surface area contributed by atoms with E-state index in [-0.39, 0.29) is 17.8 Å². The number of aromatic amines is 1. The number of amides is 1. The number of nitrogens with zero attached hydrogens (tertiary/aromatic N) is 1. The molecule has 27 heavy (non-hydrogen) atoms. The molecule has 134 valence electrons. The van der Waals surface area contributed by atoms with Gasteiger partial charge in [0.1, 0.15) is 11.5 Å². The molecule has 0 spiro atoms. The van der Waals surface area contributed by atoms with Crippen molar-refractivity contribution in [2.45, 2.75) is 13.0 Å². The average molecular weight is 359 g/mol. The van der Waals surface area contributed by atoms with E-state index in [1.54, 1.807) is 12.3 Å². The molecule has 2 N–H and O–H groups in total. The number of carbonyl (C=O) groups is 1. The number of nitrogens with one attached hydrogen (secondary N) is 2. The van der Waals surface area contributed by atoms with E-state index in [4.69, 9.17) is 0 Å². The van der Waals surface area contributed by atoms with Crippen molar-refractivity contribution >= 4 is 16.8 Å². The second-order valence-electron chi connectivity index (χ2n) is 6.44. The number of hydrogen-bond acceptors (Lipinski definition) is 2. The van der Waals surface area contributed by atoms with E-state index in [2.05, 4.69) is 15.3 Å². The van der Waals surface area contributed by atoms with Crippen molar-refractivity contribution in [2.75, 3.05) is 0 Å². The maximum atomic E-state index is 13.6. The quantitative estimate of drug-likeness (QED) is 0.562. The average Bonchev–Trinajstić information content (AvgIpc) is 3.12. The molecule has 0 radical (unpaired) electrons. The fourth-order valence-electron chi connectivity index (χ4n) is 3.23. The zero-order valence-corrected chi connectivity index (χ0v) is 14.7. The van der Waals surface area contributed by atoms with E-state index in [1.807, 2.05) is 55.5 Å². The lowest BCUT2D eigenvalue weighted by atomic mass is 10.0. The highest BCUT2D eigenvalue weighted by atomic mass is 19.1. The molecule has 2 heterocycles. The molecule has 1 unspecified atom stereocenters. The minimum absolute atomic E-state index is 0.273. The summed E-state index contributed by atoms with van der Waals surface area (Å²) in [6.07, 6.45) is 1.70. The number of aryl methyl sites for hydroxylation is 1. The fraction of sp³-hybridized carbons (Fsp3) is 0.0909. The standard InChI is InChI=1S/C22H18FN3O/c1-14-11-16(23)12-19-17(14)13-20(25-19)22(27)26-21(15-7-3-2-4-8-15)18-9-5-6-10-24-18/h2-13,21,25H,1H3,(H,26,27). The topological polar surface area (TPSA) is 57.8 Å². The monoisotopic (exact) mass is 359 g/mol. The van der Waals surface area contributed by atoms with Crippen molar-refractivity contribution in [3.63, 3.8) is 0 Å². The first-order valence-corrected chi connectivity index (χ1v) is 8.67. The molecular formula is C22H18FN3O. The van der Waals surface area contributed by atoms with E-state index < -0.39 is 0 Å². The second-order valence-corrected chi connectivity index (χ2v) is 6.44. The minimum Gasteiger partial charge on any atom is -0.350 e. The van der Waals surface area contributed by atoms with Crippen LogP contribution in [0.1, 0.15) is 33.4 Å². The highest BCUT2D eigenvalue weighted by molar-refractivity contribution is 5.99. The largest absolute Gasteiger partial charge is 0.350 e. The van der Waals surface area contributed by atoms with Crippen LogP contribution in [0.3, 0.4) is 0 Å². The lowest BCUT2D eigenvalue weighted by molar-refractivity contribution is 0.0938. The summed E-state index contributed by atoms with van der Waals surface area (Å²) in [4.78, 5) is 20.3. The molecule has 1 amide bonds. The third-order valence-electron chi connectivity index (χ3n) is 4.55. The number of halogens is 1. The van der Waals surface area contributed by atoms with Gasteiger partial charge >= 0.3 is 0 Å². The van der Waals surface area contributed by atoms with E-state index >= 15 is 0 Å². The molecule has 4 rings (SSSR count). The number of hydrogen-bond donors (Lipinski definition) is 2. The third kappa shape index (κ3) is 3.44. The fourth-order valence-corrected chi connectivity index (χ4v) is 3.23. The van der Waals surface area contributed by atoms with E-state index in [0.29, 0.717) is 11.2 Å². The lowest BCUT2D eigenvalue weighted by Crippen LogP contribution is -2.30. The van der Waals surface area contributed by atoms with E-state index in [0.717, 1.165) is 22.2 Å². The van der Waals surface area contributed by atoms with Gasteiger partial charge in [0.05, 0.1) is 11.7 Å². The molecule has 0 aliphatic rings. The maximum absolute atomic E-state index is 13.6. The Morgan fingerprint density at radius 1 is 1.07 bits per heavy atom. The van der Waals surface area contributed by atoms with Crippen LogP contribution in [-0.2, 0) is 0 Å². The molecule has 0 bridgehead atoms. The molecular weight excluding hydrogens is 341 g/mol. The summed E-state index contributed by atoms with van der Waals surface area (Å²) in [5.41, 5.74) is 3.45. The summed E-state index contributed by atoms with van der Waals surface area (Å²) in [5, 5.41) is 3.86. The molecule has 4 nitrogen and oxygen atoms in total. The second kappa shape index (κ2) is 7.03. The first-order chi connectivity index (χ1) is 13.1. The summed E-state index contributed by atoms with van der Waals surface area (Å²) >= 11 is 0. The number of H-pyrrole nitrogens is 1. The SMILES string of the molecule is Cc1cc(F)cc2[nH]c(C(=O)NC(c3ccccc3)c3ccccn3)cc12. The van der Waals surface area contributed by atoms with Crippen LogP contribution >= 0.6 is 0 Å². The van der Waals surface area contributed by atoms with Crippen LogP contribution in [0.4, 0.5) is 4.39 Å². The van der Waals surface area contributed by atoms with Crippen LogP contribution in [0.15, 0.2) is 72.9 Å². The molecule has 0 aliphatic heterocycles. The molecule has 4 aromatic rings. The van der Waals surface area contributed by atoms with Crippen molar-refractivity contribution < 1.29 is 9.18 Å². The minimum atomic E-state index is -0.385. The summed E-state index contributed by atoms with van der Waals surface area (Å²) < 4.78 is 13.6. The Labute approximate surface area is 156 Å². The van der Waals surface area contributed by atoms with Crippen molar-refractivity contribution in [3.05, 3.63) is 101 Å². The summed E-state index contributed by atoms with van der Waals surface area (Å²) in [7, 11) is 0. The van der Waals surface area contributed by atoms with Gasteiger partial charge in [0.2, 0.25) is 0 Å². The number of benzene rings is 2. The van der Waals surface area contributed by atoms with Crippen LogP contribution in [0.5, 0.6) is 0 Å². The van der Waals surface area contributed by atoms with Crippen molar-refractivity contribution in [3.8, 4) is 0 Å². The number of carbonyl (C=O) groups excluding carboxylic acids is 1. The Kier molecular flexibility index (Phi) is 4.42. The van der Waals surface area contributed by atoms with Crippen molar-refractivity contribution in [1.82, 2.24) is 15.3 Å². The highest BCUT2D eigenvalue weighted by Crippen LogP contribution is 2.23. The predicted octanol–water partition coefficient (Wildman–Crippen LogP) is 4.53. The summed E-state index contributed by atoms with van der Waals surface area (Å²) in [6.45, 7) is 1.82. The summed E-state index contributed by atoms with van der Waals surface area (Å²) in [6, 6.07) is 19.5. The van der Waals surface area contributed by atoms with Gasteiger partial charge in [-0.25, -0.2) is 4.39 Å². The molecule has 0 saturated heterocycles. The van der Waals surface area contributed by atoms with Gasteiger partial charge in [-0.1, -0.05) is 36.4 Å². The molecule has 1 atom stereocenters. The van der Waals surface area contributed by atoms with Crippen molar-refractivity contribution in [2.24, 2.45) is 0 Å². The number of pyridine rings is 1. The van der Waals surface area contributed by atoms with E-state index in [9.17, 15) is 9.18 Å². The van der Waals surface area contributed by atoms with Gasteiger partial charge in [-0.15, -0.1) is 0 Å². The first kappa shape index (κ1) is 17.0. The van der Waals surface area contributed by atoms with Gasteiger partial charge in [-0.2, -0.15) is 0 Å². The van der Waals surface area contributed by atoms with Gasteiger partial charge in [0.15, 0.2) is 0 Å². The Hall–Kier alpha value is -3.47. The maximum Gasteiger partial charge on any atom is 0.268 e. The van der Waals surface area contributed by atoms with Crippen LogP contribution < -0.4 is 5.32 Å². The Balaban J connectivity index is 1.69. The van der Waals surface area contributed by atoms with Gasteiger partial charge in [0, 0.05) is 17.1 Å². The van der Waals surface area contributed by atoms with E-state index in [1.165, 1.54) is 12.1 Å². The molecule has 2 aromatic carbocycles. The number of fused-ring (bicyclic) bond motifs is 1. The van der Waals surface area contributed by atoms with Crippen LogP contribution in [0.25, 0.3) is 10.9 Å². The smallest absolute Gasteiger partial charge is 0.268 e. The summed E-state index contributed by atoms with van der Waals surface area (Å²) in [5.74, 6) is -0.602. The van der Waals surface area contributed by atoms with Gasteiger partial charge in [0.25, 0.3) is 5.91 Å². The number of rotatable bonds is 4.